The van der Waals surface area contributed by atoms with Gasteiger partial charge in [-0.05, 0) is 44.2 Å². The standard InChI is InChI=1S/C6H4BO2.C5H5.2CO.Fe/c1-2-4-6-5(3-1)8-7-9-6;1-2-4-5-3-1;2*1-2;/h1-4H;1-5H;;;. The first-order valence-corrected chi connectivity index (χ1v) is 4.78. The number of hydrogen-bond donors (Lipinski definition) is 0. The van der Waals surface area contributed by atoms with E-state index >= 15 is 0 Å². The van der Waals surface area contributed by atoms with Crippen LogP contribution in [0, 0.1) is 45.4 Å². The molecule has 1 fully saturated rings. The van der Waals surface area contributed by atoms with Crippen molar-refractivity contribution in [3.63, 3.8) is 0 Å². The summed E-state index contributed by atoms with van der Waals surface area (Å²) in [5.41, 5.74) is 0. The fourth-order valence-corrected chi connectivity index (χ4v) is 1.09. The Labute approximate surface area is 125 Å². The third-order valence-electron chi connectivity index (χ3n) is 1.75. The first-order valence-electron chi connectivity index (χ1n) is 4.78. The molecular formula is C13H9BFeO4. The summed E-state index contributed by atoms with van der Waals surface area (Å²) in [4.78, 5) is 0. The summed E-state index contributed by atoms with van der Waals surface area (Å²) in [6.45, 7) is 9.00. The molecule has 0 atom stereocenters. The van der Waals surface area contributed by atoms with Gasteiger partial charge in [0, 0.05) is 17.1 Å². The van der Waals surface area contributed by atoms with Gasteiger partial charge in [0.15, 0.2) is 0 Å². The predicted octanol–water partition coefficient (Wildman–Crippen LogP) is 1.94. The van der Waals surface area contributed by atoms with Crippen molar-refractivity contribution >= 4 is 7.69 Å². The number of rotatable bonds is 0. The summed E-state index contributed by atoms with van der Waals surface area (Å²) in [7, 11) is 1.32. The molecule has 0 bridgehead atoms. The quantitative estimate of drug-likeness (QED) is 0.417. The van der Waals surface area contributed by atoms with Crippen molar-refractivity contribution in [3.8, 4) is 11.5 Å². The van der Waals surface area contributed by atoms with E-state index in [2.05, 4.69) is 13.3 Å². The fraction of sp³-hybridized carbons (Fsp3) is 0. The van der Waals surface area contributed by atoms with Gasteiger partial charge in [-0.25, -0.2) is 0 Å². The molecule has 1 aromatic rings. The van der Waals surface area contributed by atoms with E-state index in [0.29, 0.717) is 0 Å². The Balaban J connectivity index is 0. The maximum atomic E-state index is 7.50. The predicted molar refractivity (Wildman–Crippen MR) is 62.8 cm³/mol. The minimum absolute atomic E-state index is 0. The van der Waals surface area contributed by atoms with Gasteiger partial charge in [0.2, 0.25) is 0 Å². The number of benzene rings is 1. The van der Waals surface area contributed by atoms with Crippen LogP contribution in [0.25, 0.3) is 0 Å². The van der Waals surface area contributed by atoms with Crippen LogP contribution in [0.5, 0.6) is 11.5 Å². The van der Waals surface area contributed by atoms with Crippen molar-refractivity contribution in [1.29, 1.82) is 0 Å². The van der Waals surface area contributed by atoms with E-state index < -0.39 is 0 Å². The van der Waals surface area contributed by atoms with E-state index in [1.165, 1.54) is 7.69 Å². The molecule has 0 unspecified atom stereocenters. The van der Waals surface area contributed by atoms with Crippen molar-refractivity contribution < 1.29 is 35.7 Å². The molecule has 0 spiro atoms. The minimum Gasteiger partial charge on any atom is -0.0312 e. The van der Waals surface area contributed by atoms with Crippen LogP contribution in [0.2, 0.25) is 0 Å². The minimum atomic E-state index is 0. The molecule has 2 aliphatic rings. The summed E-state index contributed by atoms with van der Waals surface area (Å²) in [5, 5.41) is 0. The SMILES string of the molecule is [B]1Oc2ccccc2O1.[C-]#[O+].[C-]#[O+].[CH]1[CH][CH][CH][CH]1.[Fe]. The van der Waals surface area contributed by atoms with Crippen molar-refractivity contribution in [2.75, 3.05) is 0 Å². The van der Waals surface area contributed by atoms with E-state index in [-0.39, 0.29) is 17.1 Å². The van der Waals surface area contributed by atoms with E-state index in [0.717, 1.165) is 11.5 Å². The van der Waals surface area contributed by atoms with Crippen LogP contribution in [-0.2, 0) is 26.4 Å². The third kappa shape index (κ3) is 8.58. The first-order chi connectivity index (χ1) is 8.97. The summed E-state index contributed by atoms with van der Waals surface area (Å²) >= 11 is 0. The maximum absolute atomic E-state index is 7.50. The van der Waals surface area contributed by atoms with Gasteiger partial charge in [-0.3, -0.25) is 0 Å². The van der Waals surface area contributed by atoms with Crippen LogP contribution in [0.4, 0.5) is 0 Å². The Morgan fingerprint density at radius 2 is 1.05 bits per heavy atom. The van der Waals surface area contributed by atoms with Crippen molar-refractivity contribution in [2.24, 2.45) is 0 Å². The molecule has 1 saturated carbocycles. The first kappa shape index (κ1) is 20.2. The van der Waals surface area contributed by atoms with Crippen LogP contribution in [0.15, 0.2) is 24.3 Å². The zero-order valence-electron chi connectivity index (χ0n) is 9.76. The molecule has 0 N–H and O–H groups in total. The number of fused-ring (bicyclic) bond motifs is 1. The van der Waals surface area contributed by atoms with Crippen molar-refractivity contribution in [1.82, 2.24) is 0 Å². The van der Waals surface area contributed by atoms with Gasteiger partial charge in [0.05, 0.1) is 0 Å². The topological polar surface area (TPSA) is 58.3 Å². The Bertz CT molecular complexity index is 327. The van der Waals surface area contributed by atoms with Gasteiger partial charge in [-0.1, -0.05) is 12.1 Å². The van der Waals surface area contributed by atoms with Crippen molar-refractivity contribution in [3.05, 3.63) is 69.7 Å². The van der Waals surface area contributed by atoms with Crippen molar-refractivity contribution in [2.45, 2.75) is 0 Å². The Kier molecular flexibility index (Phi) is 15.9. The van der Waals surface area contributed by atoms with Gasteiger partial charge in [0.25, 0.3) is 0 Å². The zero-order valence-corrected chi connectivity index (χ0v) is 10.9. The van der Waals surface area contributed by atoms with Gasteiger partial charge in [-0.15, -0.1) is 0 Å². The largest absolute Gasteiger partial charge is 0.0312 e. The van der Waals surface area contributed by atoms with Crippen LogP contribution < -0.4 is 9.31 Å². The Morgan fingerprint density at radius 1 is 0.737 bits per heavy atom. The normalized spacial score (nSPS) is 12.6. The summed E-state index contributed by atoms with van der Waals surface area (Å²) < 4.78 is 24.9. The van der Waals surface area contributed by atoms with Gasteiger partial charge in [-0.2, -0.15) is 0 Å². The van der Waals surface area contributed by atoms with Crippen LogP contribution in [0.3, 0.4) is 0 Å². The van der Waals surface area contributed by atoms with Crippen LogP contribution >= 0.6 is 0 Å². The molecular weight excluding hydrogens is 287 g/mol. The molecule has 0 amide bonds. The Hall–Kier alpha value is -1.12. The summed E-state index contributed by atoms with van der Waals surface area (Å²) in [6, 6.07) is 7.53. The number of hydrogen-bond acceptors (Lipinski definition) is 2. The van der Waals surface area contributed by atoms with Gasteiger partial charge >= 0.3 is 30.3 Å². The molecule has 0 saturated heterocycles. The molecule has 4 nitrogen and oxygen atoms in total. The maximum Gasteiger partial charge on any atom is 0 e. The summed E-state index contributed by atoms with van der Waals surface area (Å²) in [6.07, 6.45) is 10.0. The van der Waals surface area contributed by atoms with Crippen LogP contribution in [0.1, 0.15) is 0 Å². The Morgan fingerprint density at radius 3 is 1.37 bits per heavy atom. The second kappa shape index (κ2) is 14.9. The molecule has 1 heterocycles. The molecule has 19 heavy (non-hydrogen) atoms. The molecule has 3 rings (SSSR count). The summed E-state index contributed by atoms with van der Waals surface area (Å²) in [5.74, 6) is 1.58. The van der Waals surface area contributed by atoms with Gasteiger partial charge < -0.3 is 9.31 Å². The molecule has 6 heteroatoms. The van der Waals surface area contributed by atoms with E-state index in [4.69, 9.17) is 18.6 Å². The average molecular weight is 296 g/mol. The zero-order chi connectivity index (χ0) is 13.6. The smallest absolute Gasteiger partial charge is 0 e. The van der Waals surface area contributed by atoms with E-state index in [9.17, 15) is 0 Å². The van der Waals surface area contributed by atoms with E-state index in [1.54, 1.807) is 0 Å². The van der Waals surface area contributed by atoms with Gasteiger partial charge in [0.1, 0.15) is 11.5 Å². The molecule has 6 radical (unpaired) electrons. The van der Waals surface area contributed by atoms with E-state index in [1.807, 2.05) is 56.4 Å². The molecule has 1 aliphatic heterocycles. The second-order valence-corrected chi connectivity index (χ2v) is 2.74. The second-order valence-electron chi connectivity index (χ2n) is 2.74. The fourth-order valence-electron chi connectivity index (χ4n) is 1.09. The monoisotopic (exact) mass is 296 g/mol. The molecule has 0 aromatic heterocycles. The molecule has 1 aromatic carbocycles. The number of para-hydroxylation sites is 2. The average Bonchev–Trinajstić information content (AvgIpc) is 3.17. The third-order valence-corrected chi connectivity index (χ3v) is 1.75. The molecule has 96 valence electrons. The van der Waals surface area contributed by atoms with Crippen LogP contribution in [-0.4, -0.2) is 7.69 Å². The molecule has 1 aliphatic carbocycles.